The van der Waals surface area contributed by atoms with Gasteiger partial charge in [-0.1, -0.05) is 19.1 Å². The van der Waals surface area contributed by atoms with Gasteiger partial charge < -0.3 is 10.6 Å². The number of hydrazine groups is 1. The molecule has 4 nitrogen and oxygen atoms in total. The van der Waals surface area contributed by atoms with Gasteiger partial charge in [0.1, 0.15) is 0 Å². The van der Waals surface area contributed by atoms with Crippen molar-refractivity contribution in [2.75, 3.05) is 11.9 Å². The summed E-state index contributed by atoms with van der Waals surface area (Å²) >= 11 is 10.2. The number of rotatable bonds is 3. The van der Waals surface area contributed by atoms with Crippen molar-refractivity contribution < 1.29 is 0 Å². The Morgan fingerprint density at radius 3 is 2.56 bits per heavy atom. The third kappa shape index (κ3) is 5.79. The normalized spacial score (nSPS) is 9.44. The smallest absolute Gasteiger partial charge is 0.189 e. The highest BCUT2D eigenvalue weighted by Gasteiger charge is 1.98. The summed E-state index contributed by atoms with van der Waals surface area (Å²) in [5, 5.41) is 7.10. The van der Waals surface area contributed by atoms with Crippen molar-refractivity contribution in [3.8, 4) is 0 Å². The minimum atomic E-state index is 0.473. The van der Waals surface area contributed by atoms with Gasteiger partial charge in [0.2, 0.25) is 0 Å². The highest BCUT2D eigenvalue weighted by molar-refractivity contribution is 7.80. The fraction of sp³-hybridized carbons (Fsp3) is 0.333. The maximum atomic E-state index is 5.14. The van der Waals surface area contributed by atoms with Crippen LogP contribution in [-0.2, 0) is 0 Å². The van der Waals surface area contributed by atoms with Gasteiger partial charge in [0.25, 0.3) is 0 Å². The zero-order valence-corrected chi connectivity index (χ0v) is 12.2. The molecule has 6 heteroatoms. The first-order valence-electron chi connectivity index (χ1n) is 5.79. The molecule has 1 aromatic rings. The van der Waals surface area contributed by atoms with E-state index >= 15 is 0 Å². The average Bonchev–Trinajstić information content (AvgIpc) is 2.34. The van der Waals surface area contributed by atoms with Crippen LogP contribution in [0.3, 0.4) is 0 Å². The molecule has 0 aromatic heterocycles. The molecule has 0 heterocycles. The van der Waals surface area contributed by atoms with Gasteiger partial charge in [0.15, 0.2) is 10.2 Å². The Balaban J connectivity index is 2.31. The lowest BCUT2D eigenvalue weighted by atomic mass is 10.2. The summed E-state index contributed by atoms with van der Waals surface area (Å²) in [6, 6.07) is 7.97. The number of benzene rings is 1. The van der Waals surface area contributed by atoms with Gasteiger partial charge in [-0.25, -0.2) is 0 Å². The van der Waals surface area contributed by atoms with E-state index in [-0.39, 0.29) is 0 Å². The summed E-state index contributed by atoms with van der Waals surface area (Å²) in [5.41, 5.74) is 7.77. The van der Waals surface area contributed by atoms with Gasteiger partial charge in [-0.3, -0.25) is 10.9 Å². The van der Waals surface area contributed by atoms with Crippen LogP contribution in [0.15, 0.2) is 24.3 Å². The van der Waals surface area contributed by atoms with E-state index in [4.69, 9.17) is 24.4 Å². The van der Waals surface area contributed by atoms with E-state index in [9.17, 15) is 0 Å². The number of hydrogen-bond donors (Lipinski definition) is 4. The average molecular weight is 282 g/mol. The third-order valence-electron chi connectivity index (χ3n) is 2.10. The van der Waals surface area contributed by atoms with Crippen molar-refractivity contribution in [3.63, 3.8) is 0 Å². The van der Waals surface area contributed by atoms with Crippen molar-refractivity contribution >= 4 is 40.3 Å². The van der Waals surface area contributed by atoms with E-state index < -0.39 is 0 Å². The van der Waals surface area contributed by atoms with Crippen LogP contribution in [-0.4, -0.2) is 16.8 Å². The van der Waals surface area contributed by atoms with Gasteiger partial charge in [0.05, 0.1) is 0 Å². The van der Waals surface area contributed by atoms with Crippen molar-refractivity contribution in [2.45, 2.75) is 20.3 Å². The number of hydrogen-bond acceptors (Lipinski definition) is 2. The van der Waals surface area contributed by atoms with E-state index in [1.54, 1.807) is 0 Å². The third-order valence-corrected chi connectivity index (χ3v) is 2.55. The topological polar surface area (TPSA) is 48.1 Å². The predicted octanol–water partition coefficient (Wildman–Crippen LogP) is 2.07. The van der Waals surface area contributed by atoms with Crippen LogP contribution in [0.5, 0.6) is 0 Å². The maximum Gasteiger partial charge on any atom is 0.189 e. The molecule has 18 heavy (non-hydrogen) atoms. The lowest BCUT2D eigenvalue weighted by molar-refractivity contribution is 0.784. The zero-order chi connectivity index (χ0) is 13.4. The Morgan fingerprint density at radius 2 is 1.89 bits per heavy atom. The Kier molecular flexibility index (Phi) is 6.38. The molecular formula is C12H18N4S2. The standard InChI is InChI=1S/C12H18N4S2/c1-3-7-13-11(17)15-16-12(18)14-10-6-4-5-9(2)8-10/h4-6,8H,3,7H2,1-2H3,(H2,13,15,17)(H2,14,16,18). The van der Waals surface area contributed by atoms with E-state index in [0.717, 1.165) is 18.7 Å². The van der Waals surface area contributed by atoms with Crippen LogP contribution in [0.4, 0.5) is 5.69 Å². The van der Waals surface area contributed by atoms with E-state index in [2.05, 4.69) is 28.4 Å². The minimum absolute atomic E-state index is 0.473. The van der Waals surface area contributed by atoms with Gasteiger partial charge in [-0.15, -0.1) is 0 Å². The summed E-state index contributed by atoms with van der Waals surface area (Å²) in [5.74, 6) is 0. The number of anilines is 1. The Labute approximate surface area is 119 Å². The quantitative estimate of drug-likeness (QED) is 0.503. The molecule has 0 amide bonds. The summed E-state index contributed by atoms with van der Waals surface area (Å²) in [4.78, 5) is 0. The van der Waals surface area contributed by atoms with Gasteiger partial charge in [-0.2, -0.15) is 0 Å². The van der Waals surface area contributed by atoms with Crippen LogP contribution in [0.1, 0.15) is 18.9 Å². The first kappa shape index (κ1) is 14.7. The van der Waals surface area contributed by atoms with Gasteiger partial charge >= 0.3 is 0 Å². The second-order valence-electron chi connectivity index (χ2n) is 3.83. The molecule has 0 fully saturated rings. The lowest BCUT2D eigenvalue weighted by Crippen LogP contribution is -2.48. The first-order valence-corrected chi connectivity index (χ1v) is 6.61. The number of aryl methyl sites for hydroxylation is 1. The highest BCUT2D eigenvalue weighted by Crippen LogP contribution is 2.08. The molecule has 0 bridgehead atoms. The monoisotopic (exact) mass is 282 g/mol. The molecule has 1 aromatic carbocycles. The molecule has 0 aliphatic rings. The van der Waals surface area contributed by atoms with Crippen molar-refractivity contribution in [2.24, 2.45) is 0 Å². The summed E-state index contributed by atoms with van der Waals surface area (Å²) in [6.07, 6.45) is 1.02. The second-order valence-corrected chi connectivity index (χ2v) is 4.65. The van der Waals surface area contributed by atoms with Crippen molar-refractivity contribution in [3.05, 3.63) is 29.8 Å². The summed E-state index contributed by atoms with van der Waals surface area (Å²) < 4.78 is 0. The SMILES string of the molecule is CCCNC(=S)NNC(=S)Nc1cccc(C)c1. The molecule has 4 N–H and O–H groups in total. The van der Waals surface area contributed by atoms with Gasteiger partial charge in [-0.05, 0) is 55.5 Å². The fourth-order valence-corrected chi connectivity index (χ4v) is 1.60. The Bertz CT molecular complexity index is 420. The van der Waals surface area contributed by atoms with Crippen LogP contribution in [0, 0.1) is 6.92 Å². The molecule has 0 spiro atoms. The molecule has 0 saturated carbocycles. The molecule has 0 radical (unpaired) electrons. The minimum Gasteiger partial charge on any atom is -0.361 e. The first-order chi connectivity index (χ1) is 8.61. The van der Waals surface area contributed by atoms with Crippen molar-refractivity contribution in [1.82, 2.24) is 16.2 Å². The number of nitrogens with one attached hydrogen (secondary N) is 4. The van der Waals surface area contributed by atoms with E-state index in [1.165, 1.54) is 5.56 Å². The molecule has 0 aliphatic heterocycles. The van der Waals surface area contributed by atoms with E-state index in [1.807, 2.05) is 31.2 Å². The molecule has 0 atom stereocenters. The molecule has 0 saturated heterocycles. The largest absolute Gasteiger partial charge is 0.361 e. The molecular weight excluding hydrogens is 264 g/mol. The zero-order valence-electron chi connectivity index (χ0n) is 10.5. The number of thiocarbonyl (C=S) groups is 2. The Hall–Kier alpha value is -1.40. The van der Waals surface area contributed by atoms with Crippen LogP contribution < -0.4 is 21.5 Å². The van der Waals surface area contributed by atoms with Crippen molar-refractivity contribution in [1.29, 1.82) is 0 Å². The summed E-state index contributed by atoms with van der Waals surface area (Å²) in [7, 11) is 0. The summed E-state index contributed by atoms with van der Waals surface area (Å²) in [6.45, 7) is 4.95. The second kappa shape index (κ2) is 7.84. The molecule has 0 aliphatic carbocycles. The molecule has 1 rings (SSSR count). The van der Waals surface area contributed by atoms with Crippen LogP contribution in [0.2, 0.25) is 0 Å². The maximum absolute atomic E-state index is 5.14. The van der Waals surface area contributed by atoms with Gasteiger partial charge in [0, 0.05) is 12.2 Å². The molecule has 0 unspecified atom stereocenters. The highest BCUT2D eigenvalue weighted by atomic mass is 32.1. The lowest BCUT2D eigenvalue weighted by Gasteiger charge is -2.14. The van der Waals surface area contributed by atoms with E-state index in [0.29, 0.717) is 10.2 Å². The molecule has 98 valence electrons. The fourth-order valence-electron chi connectivity index (χ4n) is 1.28. The van der Waals surface area contributed by atoms with Crippen LogP contribution >= 0.6 is 24.4 Å². The van der Waals surface area contributed by atoms with Crippen LogP contribution in [0.25, 0.3) is 0 Å². The Morgan fingerprint density at radius 1 is 1.17 bits per heavy atom. The predicted molar refractivity (Wildman–Crippen MR) is 84.6 cm³/mol.